The van der Waals surface area contributed by atoms with E-state index in [-0.39, 0.29) is 42.0 Å². The molecule has 0 saturated carbocycles. The number of benzene rings is 1. The topological polar surface area (TPSA) is 95.6 Å². The summed E-state index contributed by atoms with van der Waals surface area (Å²) in [4.78, 5) is 52.4. The fraction of sp³-hybridized carbons (Fsp3) is 0.304. The van der Waals surface area contributed by atoms with Gasteiger partial charge in [-0.2, -0.15) is 0 Å². The first-order valence-corrected chi connectivity index (χ1v) is 11.9. The van der Waals surface area contributed by atoms with Crippen molar-refractivity contribution in [2.24, 2.45) is 5.92 Å². The van der Waals surface area contributed by atoms with E-state index in [2.05, 4.69) is 10.6 Å². The Morgan fingerprint density at radius 3 is 2.47 bits per heavy atom. The summed E-state index contributed by atoms with van der Waals surface area (Å²) in [6, 6.07) is 10.1. The molecular formula is C23H25N3O4S2. The highest BCUT2D eigenvalue weighted by molar-refractivity contribution is 8.18. The second-order valence-electron chi connectivity index (χ2n) is 7.70. The van der Waals surface area contributed by atoms with Crippen LogP contribution in [0.2, 0.25) is 0 Å². The van der Waals surface area contributed by atoms with Crippen LogP contribution in [0.25, 0.3) is 6.08 Å². The maximum absolute atomic E-state index is 12.7. The first-order chi connectivity index (χ1) is 15.3. The number of amides is 4. The third-order valence-corrected chi connectivity index (χ3v) is 6.60. The number of imide groups is 1. The molecule has 0 spiro atoms. The maximum Gasteiger partial charge on any atom is 0.293 e. The number of carbonyl (C=O) groups is 4. The van der Waals surface area contributed by atoms with Gasteiger partial charge < -0.3 is 10.6 Å². The largest absolute Gasteiger partial charge is 0.353 e. The third-order valence-electron chi connectivity index (χ3n) is 4.87. The molecule has 0 unspecified atom stereocenters. The number of thiophene rings is 1. The van der Waals surface area contributed by atoms with Gasteiger partial charge in [0.05, 0.1) is 4.91 Å². The molecule has 3 rings (SSSR count). The zero-order valence-electron chi connectivity index (χ0n) is 18.1. The highest BCUT2D eigenvalue weighted by Crippen LogP contribution is 2.32. The summed E-state index contributed by atoms with van der Waals surface area (Å²) in [6.07, 6.45) is 1.70. The predicted octanol–water partition coefficient (Wildman–Crippen LogP) is 3.66. The number of thioether (sulfide) groups is 1. The Morgan fingerprint density at radius 1 is 1.12 bits per heavy atom. The van der Waals surface area contributed by atoms with Gasteiger partial charge in [0, 0.05) is 23.5 Å². The van der Waals surface area contributed by atoms with E-state index in [1.54, 1.807) is 18.2 Å². The van der Waals surface area contributed by atoms with Gasteiger partial charge in [0.1, 0.15) is 6.04 Å². The molecule has 4 amide bonds. The van der Waals surface area contributed by atoms with Crippen LogP contribution < -0.4 is 10.6 Å². The number of carbonyl (C=O) groups excluding carboxylic acids is 4. The highest BCUT2D eigenvalue weighted by Gasteiger charge is 2.35. The van der Waals surface area contributed by atoms with Crippen LogP contribution in [-0.4, -0.2) is 47.0 Å². The van der Waals surface area contributed by atoms with Crippen molar-refractivity contribution in [1.29, 1.82) is 0 Å². The standard InChI is InChI=1S/C23H25N3O4S2/c1-14(2)19(25-20(27)16-8-6-15(3)7-9-16)21(28)24-10-11-26-22(29)18(32-23(26)30)13-17-5-4-12-31-17/h4-9,12-14,19H,10-11H2,1-3H3,(H,24,28)(H,25,27)/b18-13+/t19-/m0/s1. The molecule has 0 radical (unpaired) electrons. The minimum atomic E-state index is -0.738. The summed E-state index contributed by atoms with van der Waals surface area (Å²) in [5, 5.41) is 7.04. The zero-order valence-corrected chi connectivity index (χ0v) is 19.7. The van der Waals surface area contributed by atoms with Crippen molar-refractivity contribution in [2.45, 2.75) is 26.8 Å². The number of rotatable bonds is 8. The van der Waals surface area contributed by atoms with Crippen molar-refractivity contribution in [3.05, 3.63) is 62.7 Å². The summed E-state index contributed by atoms with van der Waals surface area (Å²) < 4.78 is 0. The van der Waals surface area contributed by atoms with Crippen LogP contribution in [0.4, 0.5) is 4.79 Å². The van der Waals surface area contributed by atoms with E-state index in [1.165, 1.54) is 11.3 Å². The number of hydrogen-bond acceptors (Lipinski definition) is 6. The molecule has 1 atom stereocenters. The summed E-state index contributed by atoms with van der Waals surface area (Å²) in [5.41, 5.74) is 1.52. The number of hydrogen-bond donors (Lipinski definition) is 2. The van der Waals surface area contributed by atoms with Gasteiger partial charge in [-0.1, -0.05) is 37.6 Å². The molecule has 1 aliphatic heterocycles. The molecule has 9 heteroatoms. The van der Waals surface area contributed by atoms with Crippen molar-refractivity contribution < 1.29 is 19.2 Å². The highest BCUT2D eigenvalue weighted by atomic mass is 32.2. The second-order valence-corrected chi connectivity index (χ2v) is 9.67. The molecule has 0 bridgehead atoms. The lowest BCUT2D eigenvalue weighted by atomic mass is 10.0. The Kier molecular flexibility index (Phi) is 7.87. The minimum Gasteiger partial charge on any atom is -0.353 e. The predicted molar refractivity (Wildman–Crippen MR) is 127 cm³/mol. The Hall–Kier alpha value is -2.91. The van der Waals surface area contributed by atoms with Crippen LogP contribution >= 0.6 is 23.1 Å². The van der Waals surface area contributed by atoms with E-state index in [0.717, 1.165) is 27.1 Å². The van der Waals surface area contributed by atoms with Gasteiger partial charge in [0.2, 0.25) is 5.91 Å². The normalized spacial score (nSPS) is 16.0. The smallest absolute Gasteiger partial charge is 0.293 e. The molecule has 1 fully saturated rings. The lowest BCUT2D eigenvalue weighted by molar-refractivity contribution is -0.125. The number of nitrogens with one attached hydrogen (secondary N) is 2. The molecule has 2 N–H and O–H groups in total. The number of aryl methyl sites for hydroxylation is 1. The van der Waals surface area contributed by atoms with E-state index in [1.807, 2.05) is 50.4 Å². The van der Waals surface area contributed by atoms with Crippen LogP contribution in [0.3, 0.4) is 0 Å². The molecule has 2 aromatic rings. The van der Waals surface area contributed by atoms with Gasteiger partial charge in [0.15, 0.2) is 0 Å². The second kappa shape index (κ2) is 10.6. The molecule has 1 aliphatic rings. The maximum atomic E-state index is 12.7. The number of nitrogens with zero attached hydrogens (tertiary/aromatic N) is 1. The van der Waals surface area contributed by atoms with Gasteiger partial charge in [-0.3, -0.25) is 24.1 Å². The molecular weight excluding hydrogens is 446 g/mol. The first kappa shape index (κ1) is 23.7. The van der Waals surface area contributed by atoms with Crippen molar-refractivity contribution >= 4 is 52.1 Å². The molecule has 1 saturated heterocycles. The van der Waals surface area contributed by atoms with E-state index >= 15 is 0 Å². The van der Waals surface area contributed by atoms with Crippen LogP contribution in [0.1, 0.15) is 34.6 Å². The molecule has 1 aromatic carbocycles. The molecule has 32 heavy (non-hydrogen) atoms. The molecule has 2 heterocycles. The minimum absolute atomic E-state index is 0.0644. The van der Waals surface area contributed by atoms with Gasteiger partial charge in [-0.25, -0.2) is 0 Å². The Balaban J connectivity index is 1.55. The van der Waals surface area contributed by atoms with Crippen LogP contribution in [0.5, 0.6) is 0 Å². The zero-order chi connectivity index (χ0) is 23.3. The van der Waals surface area contributed by atoms with E-state index < -0.39 is 6.04 Å². The quantitative estimate of drug-likeness (QED) is 0.573. The van der Waals surface area contributed by atoms with Crippen molar-refractivity contribution in [3.63, 3.8) is 0 Å². The third kappa shape index (κ3) is 5.86. The average Bonchev–Trinajstić information content (AvgIpc) is 3.35. The molecule has 0 aliphatic carbocycles. The fourth-order valence-corrected chi connectivity index (χ4v) is 4.65. The summed E-state index contributed by atoms with van der Waals surface area (Å²) in [7, 11) is 0. The van der Waals surface area contributed by atoms with E-state index in [0.29, 0.717) is 10.5 Å². The van der Waals surface area contributed by atoms with Crippen LogP contribution in [0, 0.1) is 12.8 Å². The van der Waals surface area contributed by atoms with E-state index in [9.17, 15) is 19.2 Å². The van der Waals surface area contributed by atoms with Crippen molar-refractivity contribution in [2.75, 3.05) is 13.1 Å². The molecule has 1 aromatic heterocycles. The lowest BCUT2D eigenvalue weighted by Gasteiger charge is -2.22. The summed E-state index contributed by atoms with van der Waals surface area (Å²) in [5.74, 6) is -1.20. The Labute approximate surface area is 195 Å². The molecule has 168 valence electrons. The Morgan fingerprint density at radius 2 is 1.84 bits per heavy atom. The Bertz CT molecular complexity index is 1030. The van der Waals surface area contributed by atoms with Gasteiger partial charge in [-0.05, 0) is 54.3 Å². The van der Waals surface area contributed by atoms with Gasteiger partial charge in [-0.15, -0.1) is 11.3 Å². The first-order valence-electron chi connectivity index (χ1n) is 10.2. The lowest BCUT2D eigenvalue weighted by Crippen LogP contribution is -2.51. The van der Waals surface area contributed by atoms with E-state index in [4.69, 9.17) is 0 Å². The SMILES string of the molecule is Cc1ccc(C(=O)N[C@H](C(=O)NCCN2C(=O)S/C(=C/c3cccs3)C2=O)C(C)C)cc1. The monoisotopic (exact) mass is 471 g/mol. The summed E-state index contributed by atoms with van der Waals surface area (Å²) in [6.45, 7) is 5.78. The van der Waals surface area contributed by atoms with Gasteiger partial charge in [0.25, 0.3) is 17.1 Å². The average molecular weight is 472 g/mol. The van der Waals surface area contributed by atoms with Crippen molar-refractivity contribution in [1.82, 2.24) is 15.5 Å². The fourth-order valence-electron chi connectivity index (χ4n) is 3.06. The van der Waals surface area contributed by atoms with Crippen molar-refractivity contribution in [3.8, 4) is 0 Å². The van der Waals surface area contributed by atoms with Gasteiger partial charge >= 0.3 is 0 Å². The van der Waals surface area contributed by atoms with Crippen LogP contribution in [-0.2, 0) is 9.59 Å². The summed E-state index contributed by atoms with van der Waals surface area (Å²) >= 11 is 2.37. The molecule has 7 nitrogen and oxygen atoms in total. The van der Waals surface area contributed by atoms with Crippen LogP contribution in [0.15, 0.2) is 46.7 Å².